The molecular formula is C13H14N2OS. The number of ether oxygens (including phenoxy) is 1. The maximum Gasteiger partial charge on any atom is 0.127 e. The standard InChI is InChI=1S/C13H14N2OS/c1-8-4-9(2)12(11(5-8)16-3)10-6-14-7-15-13(10)17/h4-7H,1-3H3,(H,14,15,17). The quantitative estimate of drug-likeness (QED) is 0.825. The molecule has 4 heteroatoms. The van der Waals surface area contributed by atoms with E-state index in [0.29, 0.717) is 4.64 Å². The predicted octanol–water partition coefficient (Wildman–Crippen LogP) is 3.43. The minimum absolute atomic E-state index is 0.672. The van der Waals surface area contributed by atoms with Crippen molar-refractivity contribution in [3.05, 3.63) is 40.4 Å². The molecule has 0 fully saturated rings. The maximum atomic E-state index is 5.43. The number of hydrogen-bond donors (Lipinski definition) is 1. The molecule has 0 unspecified atom stereocenters. The van der Waals surface area contributed by atoms with Crippen LogP contribution in [-0.4, -0.2) is 17.1 Å². The van der Waals surface area contributed by atoms with Crippen LogP contribution in [0.5, 0.6) is 5.75 Å². The van der Waals surface area contributed by atoms with Gasteiger partial charge in [0.25, 0.3) is 0 Å². The lowest BCUT2D eigenvalue weighted by Crippen LogP contribution is -1.94. The fourth-order valence-corrected chi connectivity index (χ4v) is 2.16. The van der Waals surface area contributed by atoms with E-state index in [1.807, 2.05) is 19.9 Å². The molecule has 1 N–H and O–H groups in total. The lowest BCUT2D eigenvalue weighted by atomic mass is 9.99. The second-order valence-electron chi connectivity index (χ2n) is 3.95. The summed E-state index contributed by atoms with van der Waals surface area (Å²) in [5, 5.41) is 0. The highest BCUT2D eigenvalue weighted by Gasteiger charge is 2.11. The second-order valence-corrected chi connectivity index (χ2v) is 4.36. The van der Waals surface area contributed by atoms with Gasteiger partial charge in [-0.15, -0.1) is 0 Å². The number of nitrogens with zero attached hydrogens (tertiary/aromatic N) is 1. The monoisotopic (exact) mass is 246 g/mol. The van der Waals surface area contributed by atoms with E-state index in [1.54, 1.807) is 19.6 Å². The Bertz CT molecular complexity index is 605. The van der Waals surface area contributed by atoms with Crippen LogP contribution in [0.2, 0.25) is 0 Å². The van der Waals surface area contributed by atoms with Gasteiger partial charge in [-0.05, 0) is 31.0 Å². The molecule has 1 aromatic carbocycles. The summed E-state index contributed by atoms with van der Waals surface area (Å²) in [4.78, 5) is 7.02. The molecule has 0 bridgehead atoms. The average molecular weight is 246 g/mol. The van der Waals surface area contributed by atoms with Crippen molar-refractivity contribution >= 4 is 12.2 Å². The van der Waals surface area contributed by atoms with E-state index < -0.39 is 0 Å². The number of aromatic nitrogens is 2. The van der Waals surface area contributed by atoms with Gasteiger partial charge in [-0.3, -0.25) is 0 Å². The van der Waals surface area contributed by atoms with E-state index in [4.69, 9.17) is 17.0 Å². The van der Waals surface area contributed by atoms with Crippen LogP contribution in [0.3, 0.4) is 0 Å². The second kappa shape index (κ2) is 4.67. The summed E-state index contributed by atoms with van der Waals surface area (Å²) in [5.74, 6) is 0.829. The molecule has 0 radical (unpaired) electrons. The van der Waals surface area contributed by atoms with Crippen molar-refractivity contribution in [3.8, 4) is 16.9 Å². The average Bonchev–Trinajstić information content (AvgIpc) is 2.29. The first-order chi connectivity index (χ1) is 8.13. The molecule has 0 saturated heterocycles. The summed E-state index contributed by atoms with van der Waals surface area (Å²) < 4.78 is 6.10. The zero-order valence-corrected chi connectivity index (χ0v) is 10.9. The molecule has 0 amide bonds. The van der Waals surface area contributed by atoms with Crippen molar-refractivity contribution < 1.29 is 4.74 Å². The molecule has 0 aliphatic rings. The highest BCUT2D eigenvalue weighted by molar-refractivity contribution is 7.71. The highest BCUT2D eigenvalue weighted by Crippen LogP contribution is 2.34. The number of benzene rings is 1. The van der Waals surface area contributed by atoms with Gasteiger partial charge < -0.3 is 9.72 Å². The lowest BCUT2D eigenvalue weighted by molar-refractivity contribution is 0.416. The number of aromatic amines is 1. The van der Waals surface area contributed by atoms with Crippen LogP contribution in [-0.2, 0) is 0 Å². The lowest BCUT2D eigenvalue weighted by Gasteiger charge is -2.12. The van der Waals surface area contributed by atoms with Gasteiger partial charge in [0.1, 0.15) is 10.4 Å². The topological polar surface area (TPSA) is 37.9 Å². The Kier molecular flexibility index (Phi) is 3.24. The number of nitrogens with one attached hydrogen (secondary N) is 1. The van der Waals surface area contributed by atoms with Gasteiger partial charge in [0, 0.05) is 17.3 Å². The third-order valence-corrected chi connectivity index (χ3v) is 2.99. The Balaban J connectivity index is 2.75. The minimum atomic E-state index is 0.672. The Morgan fingerprint density at radius 3 is 2.71 bits per heavy atom. The SMILES string of the molecule is COc1cc(C)cc(C)c1-c1cnc[nH]c1=S. The zero-order chi connectivity index (χ0) is 12.4. The first-order valence-electron chi connectivity index (χ1n) is 5.31. The van der Waals surface area contributed by atoms with Crippen LogP contribution in [0.15, 0.2) is 24.7 Å². The van der Waals surface area contributed by atoms with Gasteiger partial charge in [-0.2, -0.15) is 0 Å². The Morgan fingerprint density at radius 1 is 1.29 bits per heavy atom. The molecule has 1 aromatic heterocycles. The molecule has 1 heterocycles. The van der Waals surface area contributed by atoms with E-state index in [-0.39, 0.29) is 0 Å². The van der Waals surface area contributed by atoms with Gasteiger partial charge in [0.05, 0.1) is 13.4 Å². The first-order valence-corrected chi connectivity index (χ1v) is 5.72. The highest BCUT2D eigenvalue weighted by atomic mass is 32.1. The van der Waals surface area contributed by atoms with E-state index in [1.165, 1.54) is 5.56 Å². The van der Waals surface area contributed by atoms with Crippen LogP contribution in [0.1, 0.15) is 11.1 Å². The van der Waals surface area contributed by atoms with Crippen molar-refractivity contribution in [1.82, 2.24) is 9.97 Å². The van der Waals surface area contributed by atoms with Crippen molar-refractivity contribution in [1.29, 1.82) is 0 Å². The molecule has 88 valence electrons. The molecule has 0 aliphatic heterocycles. The number of rotatable bonds is 2. The summed E-state index contributed by atoms with van der Waals surface area (Å²) in [6.45, 7) is 4.09. The van der Waals surface area contributed by atoms with Crippen molar-refractivity contribution in [2.24, 2.45) is 0 Å². The fourth-order valence-electron chi connectivity index (χ4n) is 1.96. The Labute approximate surface area is 105 Å². The van der Waals surface area contributed by atoms with Crippen LogP contribution >= 0.6 is 12.2 Å². The zero-order valence-electron chi connectivity index (χ0n) is 10.1. The number of hydrogen-bond acceptors (Lipinski definition) is 3. The Morgan fingerprint density at radius 2 is 2.06 bits per heavy atom. The minimum Gasteiger partial charge on any atom is -0.496 e. The normalized spacial score (nSPS) is 10.3. The Hall–Kier alpha value is -1.68. The van der Waals surface area contributed by atoms with Crippen LogP contribution in [0.4, 0.5) is 0 Å². The van der Waals surface area contributed by atoms with Gasteiger partial charge in [0.15, 0.2) is 0 Å². The molecular weight excluding hydrogens is 232 g/mol. The summed E-state index contributed by atoms with van der Waals surface area (Å²) in [7, 11) is 1.67. The summed E-state index contributed by atoms with van der Waals surface area (Å²) in [6.07, 6.45) is 3.35. The van der Waals surface area contributed by atoms with E-state index >= 15 is 0 Å². The molecule has 17 heavy (non-hydrogen) atoms. The summed E-state index contributed by atoms with van der Waals surface area (Å²) >= 11 is 5.28. The van der Waals surface area contributed by atoms with Gasteiger partial charge >= 0.3 is 0 Å². The maximum absolute atomic E-state index is 5.43. The van der Waals surface area contributed by atoms with Crippen LogP contribution < -0.4 is 4.74 Å². The smallest absolute Gasteiger partial charge is 0.127 e. The van der Waals surface area contributed by atoms with E-state index in [0.717, 1.165) is 22.4 Å². The van der Waals surface area contributed by atoms with Gasteiger partial charge in [-0.25, -0.2) is 4.98 Å². The van der Waals surface area contributed by atoms with Gasteiger partial charge in [0.2, 0.25) is 0 Å². The number of H-pyrrole nitrogens is 1. The van der Waals surface area contributed by atoms with Crippen molar-refractivity contribution in [3.63, 3.8) is 0 Å². The summed E-state index contributed by atoms with van der Waals surface area (Å²) in [5.41, 5.74) is 4.21. The van der Waals surface area contributed by atoms with E-state index in [9.17, 15) is 0 Å². The fraction of sp³-hybridized carbons (Fsp3) is 0.231. The molecule has 0 aliphatic carbocycles. The molecule has 3 nitrogen and oxygen atoms in total. The van der Waals surface area contributed by atoms with Crippen LogP contribution in [0.25, 0.3) is 11.1 Å². The molecule has 2 aromatic rings. The van der Waals surface area contributed by atoms with Crippen LogP contribution in [0, 0.1) is 18.5 Å². The predicted molar refractivity (Wildman–Crippen MR) is 70.9 cm³/mol. The largest absolute Gasteiger partial charge is 0.496 e. The molecule has 2 rings (SSSR count). The van der Waals surface area contributed by atoms with Crippen molar-refractivity contribution in [2.75, 3.05) is 7.11 Å². The first kappa shape index (κ1) is 11.8. The molecule has 0 spiro atoms. The number of methoxy groups -OCH3 is 1. The third-order valence-electron chi connectivity index (χ3n) is 2.65. The summed E-state index contributed by atoms with van der Waals surface area (Å²) in [6, 6.07) is 4.11. The molecule has 0 atom stereocenters. The van der Waals surface area contributed by atoms with Crippen molar-refractivity contribution in [2.45, 2.75) is 13.8 Å². The third kappa shape index (κ3) is 2.22. The molecule has 0 saturated carbocycles. The number of aryl methyl sites for hydroxylation is 2. The van der Waals surface area contributed by atoms with E-state index in [2.05, 4.69) is 16.0 Å². The van der Waals surface area contributed by atoms with Gasteiger partial charge in [-0.1, -0.05) is 18.3 Å².